The largest absolute Gasteiger partial charge is 0.307 e. The molecule has 0 saturated carbocycles. The number of aromatic nitrogens is 3. The van der Waals surface area contributed by atoms with Crippen LogP contribution < -0.4 is 5.32 Å². The summed E-state index contributed by atoms with van der Waals surface area (Å²) in [7, 11) is 1.99. The number of rotatable bonds is 2. The van der Waals surface area contributed by atoms with Crippen molar-refractivity contribution in [2.45, 2.75) is 45.1 Å². The first-order valence-electron chi connectivity index (χ1n) is 5.94. The van der Waals surface area contributed by atoms with Crippen molar-refractivity contribution in [3.8, 4) is 0 Å². The Kier molecular flexibility index (Phi) is 3.36. The Bertz CT molecular complexity index is 310. The third-order valence-electron chi connectivity index (χ3n) is 3.03. The maximum Gasteiger partial charge on any atom is 0.150 e. The van der Waals surface area contributed by atoms with Gasteiger partial charge in [0.2, 0.25) is 0 Å². The first kappa shape index (κ1) is 10.6. The second kappa shape index (κ2) is 4.75. The van der Waals surface area contributed by atoms with Crippen LogP contribution in [-0.4, -0.2) is 21.3 Å². The van der Waals surface area contributed by atoms with E-state index in [0.29, 0.717) is 6.04 Å². The van der Waals surface area contributed by atoms with Crippen molar-refractivity contribution in [1.29, 1.82) is 0 Å². The molecule has 0 aromatic carbocycles. The molecule has 1 aromatic heterocycles. The lowest BCUT2D eigenvalue weighted by molar-refractivity contribution is 0.483. The highest BCUT2D eigenvalue weighted by Gasteiger charge is 2.19. The summed E-state index contributed by atoms with van der Waals surface area (Å²) in [4.78, 5) is 4.58. The summed E-state index contributed by atoms with van der Waals surface area (Å²) in [5.41, 5.74) is 0. The molecule has 0 aliphatic carbocycles. The number of hydrogen-bond acceptors (Lipinski definition) is 3. The highest BCUT2D eigenvalue weighted by atomic mass is 15.3. The number of nitrogens with one attached hydrogen (secondary N) is 1. The van der Waals surface area contributed by atoms with Gasteiger partial charge in [-0.25, -0.2) is 4.98 Å². The Hall–Kier alpha value is -0.900. The van der Waals surface area contributed by atoms with Crippen LogP contribution in [0.4, 0.5) is 0 Å². The summed E-state index contributed by atoms with van der Waals surface area (Å²) in [6.45, 7) is 3.21. The van der Waals surface area contributed by atoms with Gasteiger partial charge in [0.25, 0.3) is 0 Å². The SMILES string of the molecule is CCc1nc(C2CCCCCN2)n(C)n1. The zero-order chi connectivity index (χ0) is 10.7. The van der Waals surface area contributed by atoms with Crippen LogP contribution in [0.5, 0.6) is 0 Å². The minimum atomic E-state index is 0.408. The van der Waals surface area contributed by atoms with Gasteiger partial charge in [0.05, 0.1) is 6.04 Å². The maximum atomic E-state index is 4.58. The zero-order valence-electron chi connectivity index (χ0n) is 9.66. The van der Waals surface area contributed by atoms with Crippen LogP contribution in [0.25, 0.3) is 0 Å². The van der Waals surface area contributed by atoms with Crippen molar-refractivity contribution in [2.24, 2.45) is 7.05 Å². The van der Waals surface area contributed by atoms with E-state index < -0.39 is 0 Å². The molecule has 1 N–H and O–H groups in total. The van der Waals surface area contributed by atoms with Crippen LogP contribution in [0.2, 0.25) is 0 Å². The summed E-state index contributed by atoms with van der Waals surface area (Å²) in [5.74, 6) is 2.06. The van der Waals surface area contributed by atoms with E-state index in [4.69, 9.17) is 0 Å². The molecule has 0 spiro atoms. The number of aryl methyl sites for hydroxylation is 2. The quantitative estimate of drug-likeness (QED) is 0.802. The third kappa shape index (κ3) is 2.37. The predicted octanol–water partition coefficient (Wildman–Crippen LogP) is 1.58. The normalized spacial score (nSPS) is 22.7. The van der Waals surface area contributed by atoms with E-state index in [-0.39, 0.29) is 0 Å². The molecule has 1 fully saturated rings. The average molecular weight is 208 g/mol. The smallest absolute Gasteiger partial charge is 0.150 e. The maximum absolute atomic E-state index is 4.58. The van der Waals surface area contributed by atoms with Crippen molar-refractivity contribution >= 4 is 0 Å². The molecule has 1 atom stereocenters. The Morgan fingerprint density at radius 3 is 3.00 bits per heavy atom. The van der Waals surface area contributed by atoms with Crippen LogP contribution >= 0.6 is 0 Å². The molecule has 2 rings (SSSR count). The summed E-state index contributed by atoms with van der Waals surface area (Å²) >= 11 is 0. The summed E-state index contributed by atoms with van der Waals surface area (Å²) in [6.07, 6.45) is 6.03. The van der Waals surface area contributed by atoms with Crippen LogP contribution in [-0.2, 0) is 13.5 Å². The fraction of sp³-hybridized carbons (Fsp3) is 0.818. The molecule has 4 heteroatoms. The summed E-state index contributed by atoms with van der Waals surface area (Å²) in [5, 5.41) is 7.95. The predicted molar refractivity (Wildman–Crippen MR) is 59.6 cm³/mol. The molecule has 0 amide bonds. The minimum Gasteiger partial charge on any atom is -0.307 e. The molecule has 1 aliphatic heterocycles. The average Bonchev–Trinajstić information content (AvgIpc) is 2.48. The van der Waals surface area contributed by atoms with Gasteiger partial charge in [-0.05, 0) is 19.4 Å². The van der Waals surface area contributed by atoms with Gasteiger partial charge in [0, 0.05) is 13.5 Å². The molecule has 0 radical (unpaired) electrons. The standard InChI is InChI=1S/C11H20N4/c1-3-10-13-11(15(2)14-10)9-7-5-4-6-8-12-9/h9,12H,3-8H2,1-2H3. The molecule has 1 aromatic rings. The molecule has 1 saturated heterocycles. The van der Waals surface area contributed by atoms with Crippen molar-refractivity contribution in [3.05, 3.63) is 11.6 Å². The van der Waals surface area contributed by atoms with Crippen LogP contribution in [0.3, 0.4) is 0 Å². The molecule has 15 heavy (non-hydrogen) atoms. The molecule has 2 heterocycles. The molecular weight excluding hydrogens is 188 g/mol. The van der Waals surface area contributed by atoms with Gasteiger partial charge in [-0.15, -0.1) is 0 Å². The molecule has 4 nitrogen and oxygen atoms in total. The Morgan fingerprint density at radius 2 is 2.27 bits per heavy atom. The lowest BCUT2D eigenvalue weighted by Crippen LogP contribution is -2.23. The number of hydrogen-bond donors (Lipinski definition) is 1. The minimum absolute atomic E-state index is 0.408. The van der Waals surface area contributed by atoms with Crippen molar-refractivity contribution < 1.29 is 0 Å². The summed E-state index contributed by atoms with van der Waals surface area (Å²) < 4.78 is 1.93. The molecule has 0 bridgehead atoms. The Morgan fingerprint density at radius 1 is 1.40 bits per heavy atom. The highest BCUT2D eigenvalue weighted by Crippen LogP contribution is 2.20. The second-order valence-electron chi connectivity index (χ2n) is 4.22. The van der Waals surface area contributed by atoms with E-state index in [0.717, 1.165) is 24.6 Å². The fourth-order valence-corrected chi connectivity index (χ4v) is 2.15. The van der Waals surface area contributed by atoms with Crippen LogP contribution in [0.1, 0.15) is 50.3 Å². The first-order valence-corrected chi connectivity index (χ1v) is 5.94. The molecule has 1 aliphatic rings. The van der Waals surface area contributed by atoms with Gasteiger partial charge >= 0.3 is 0 Å². The monoisotopic (exact) mass is 208 g/mol. The van der Waals surface area contributed by atoms with E-state index in [9.17, 15) is 0 Å². The van der Waals surface area contributed by atoms with Crippen molar-refractivity contribution in [3.63, 3.8) is 0 Å². The highest BCUT2D eigenvalue weighted by molar-refractivity contribution is 4.99. The third-order valence-corrected chi connectivity index (χ3v) is 3.03. The van der Waals surface area contributed by atoms with Gasteiger partial charge < -0.3 is 5.32 Å². The van der Waals surface area contributed by atoms with E-state index in [1.54, 1.807) is 0 Å². The topological polar surface area (TPSA) is 42.7 Å². The fourth-order valence-electron chi connectivity index (χ4n) is 2.15. The number of nitrogens with zero attached hydrogens (tertiary/aromatic N) is 3. The van der Waals surface area contributed by atoms with E-state index >= 15 is 0 Å². The lowest BCUT2D eigenvalue weighted by atomic mass is 10.1. The van der Waals surface area contributed by atoms with Crippen LogP contribution in [0, 0.1) is 0 Å². The van der Waals surface area contributed by atoms with Gasteiger partial charge in [0.1, 0.15) is 5.82 Å². The first-order chi connectivity index (χ1) is 7.31. The molecular formula is C11H20N4. The van der Waals surface area contributed by atoms with Gasteiger partial charge in [-0.3, -0.25) is 4.68 Å². The van der Waals surface area contributed by atoms with Crippen LogP contribution in [0.15, 0.2) is 0 Å². The van der Waals surface area contributed by atoms with E-state index in [1.807, 2.05) is 11.7 Å². The van der Waals surface area contributed by atoms with Crippen molar-refractivity contribution in [2.75, 3.05) is 6.54 Å². The Labute approximate surface area is 91.1 Å². The summed E-state index contributed by atoms with van der Waals surface area (Å²) in [6, 6.07) is 0.408. The molecule has 84 valence electrons. The van der Waals surface area contributed by atoms with E-state index in [2.05, 4.69) is 22.3 Å². The molecule has 1 unspecified atom stereocenters. The van der Waals surface area contributed by atoms with Gasteiger partial charge in [-0.2, -0.15) is 5.10 Å². The lowest BCUT2D eigenvalue weighted by Gasteiger charge is -2.13. The van der Waals surface area contributed by atoms with E-state index in [1.165, 1.54) is 25.7 Å². The van der Waals surface area contributed by atoms with Gasteiger partial charge in [0.15, 0.2) is 5.82 Å². The van der Waals surface area contributed by atoms with Crippen molar-refractivity contribution in [1.82, 2.24) is 20.1 Å². The van der Waals surface area contributed by atoms with Gasteiger partial charge in [-0.1, -0.05) is 19.8 Å². The zero-order valence-corrected chi connectivity index (χ0v) is 9.66. The second-order valence-corrected chi connectivity index (χ2v) is 4.22. The Balaban J connectivity index is 2.15.